The maximum absolute atomic E-state index is 13.4. The molecule has 2 atom stereocenters. The molecular formula is C22H32FN3O3. The lowest BCUT2D eigenvalue weighted by Gasteiger charge is -2.41. The fourth-order valence-corrected chi connectivity index (χ4v) is 4.70. The van der Waals surface area contributed by atoms with E-state index in [1.54, 1.807) is 24.1 Å². The number of ether oxygens (including phenoxy) is 1. The molecule has 7 heteroatoms. The second-order valence-corrected chi connectivity index (χ2v) is 8.71. The SMILES string of the molecule is CN(C)CC1(CNC(=O)C2CCC(=O)N(C)C2c2ccc(F)cc2)CCOCC1. The van der Waals surface area contributed by atoms with E-state index >= 15 is 0 Å². The van der Waals surface area contributed by atoms with Crippen LogP contribution in [-0.2, 0) is 14.3 Å². The first-order chi connectivity index (χ1) is 13.8. The van der Waals surface area contributed by atoms with Gasteiger partial charge < -0.3 is 19.9 Å². The number of halogens is 1. The summed E-state index contributed by atoms with van der Waals surface area (Å²) in [6.45, 7) is 2.91. The quantitative estimate of drug-likeness (QED) is 0.788. The Morgan fingerprint density at radius 2 is 1.93 bits per heavy atom. The highest BCUT2D eigenvalue weighted by atomic mass is 19.1. The van der Waals surface area contributed by atoms with Crippen LogP contribution in [-0.4, -0.2) is 69.1 Å². The average Bonchev–Trinajstić information content (AvgIpc) is 2.69. The number of nitrogens with zero attached hydrogens (tertiary/aromatic N) is 2. The molecule has 160 valence electrons. The lowest BCUT2D eigenvalue weighted by atomic mass is 9.79. The molecule has 0 radical (unpaired) electrons. The molecular weight excluding hydrogens is 373 g/mol. The molecule has 0 aromatic heterocycles. The van der Waals surface area contributed by atoms with Gasteiger partial charge in [0.15, 0.2) is 0 Å². The summed E-state index contributed by atoms with van der Waals surface area (Å²) in [6.07, 6.45) is 2.68. The zero-order chi connectivity index (χ0) is 21.0. The van der Waals surface area contributed by atoms with E-state index in [0.717, 1.165) is 24.9 Å². The Hall–Kier alpha value is -1.99. The predicted molar refractivity (Wildman–Crippen MR) is 109 cm³/mol. The molecule has 2 amide bonds. The van der Waals surface area contributed by atoms with Gasteiger partial charge in [0.1, 0.15) is 5.82 Å². The fourth-order valence-electron chi connectivity index (χ4n) is 4.70. The topological polar surface area (TPSA) is 61.9 Å². The van der Waals surface area contributed by atoms with Gasteiger partial charge >= 0.3 is 0 Å². The van der Waals surface area contributed by atoms with Gasteiger partial charge in [-0.25, -0.2) is 4.39 Å². The first kappa shape index (κ1) is 21.7. The average molecular weight is 406 g/mol. The lowest BCUT2D eigenvalue weighted by molar-refractivity contribution is -0.142. The molecule has 2 saturated heterocycles. The molecule has 1 aromatic rings. The van der Waals surface area contributed by atoms with Crippen LogP contribution in [0.15, 0.2) is 24.3 Å². The standard InChI is InChI=1S/C22H32FN3O3/c1-25(2)15-22(10-12-29-13-11-22)14-24-21(28)18-8-9-19(27)26(3)20(18)16-4-6-17(23)7-5-16/h4-7,18,20H,8-15H2,1-3H3,(H,24,28). The third-order valence-corrected chi connectivity index (χ3v) is 6.25. The van der Waals surface area contributed by atoms with Crippen LogP contribution in [0.4, 0.5) is 4.39 Å². The molecule has 2 unspecified atom stereocenters. The van der Waals surface area contributed by atoms with Crippen LogP contribution in [0, 0.1) is 17.2 Å². The van der Waals surface area contributed by atoms with Crippen LogP contribution in [0.25, 0.3) is 0 Å². The summed E-state index contributed by atoms with van der Waals surface area (Å²) in [4.78, 5) is 29.3. The van der Waals surface area contributed by atoms with E-state index in [0.29, 0.717) is 32.6 Å². The van der Waals surface area contributed by atoms with Crippen molar-refractivity contribution < 1.29 is 18.7 Å². The molecule has 6 nitrogen and oxygen atoms in total. The number of carbonyl (C=O) groups excluding carboxylic acids is 2. The van der Waals surface area contributed by atoms with Gasteiger partial charge in [-0.3, -0.25) is 9.59 Å². The van der Waals surface area contributed by atoms with E-state index in [1.807, 2.05) is 14.1 Å². The number of rotatable bonds is 6. The number of hydrogen-bond acceptors (Lipinski definition) is 4. The summed E-state index contributed by atoms with van der Waals surface area (Å²) >= 11 is 0. The molecule has 3 rings (SSSR count). The van der Waals surface area contributed by atoms with Gasteiger partial charge in [0.25, 0.3) is 0 Å². The van der Waals surface area contributed by atoms with Crippen LogP contribution in [0.3, 0.4) is 0 Å². The summed E-state index contributed by atoms with van der Waals surface area (Å²) in [5, 5.41) is 3.18. The number of carbonyl (C=O) groups is 2. The Balaban J connectivity index is 1.74. The number of likely N-dealkylation sites (tertiary alicyclic amines) is 1. The third kappa shape index (κ3) is 5.14. The predicted octanol–water partition coefficient (Wildman–Crippen LogP) is 2.21. The van der Waals surface area contributed by atoms with E-state index in [4.69, 9.17) is 4.74 Å². The van der Waals surface area contributed by atoms with Crippen LogP contribution in [0.5, 0.6) is 0 Å². The Bertz CT molecular complexity index is 717. The molecule has 1 aromatic carbocycles. The maximum atomic E-state index is 13.4. The molecule has 0 bridgehead atoms. The minimum Gasteiger partial charge on any atom is -0.381 e. The number of piperidine rings is 1. The van der Waals surface area contributed by atoms with Crippen molar-refractivity contribution in [3.63, 3.8) is 0 Å². The Kier molecular flexibility index (Phi) is 6.90. The smallest absolute Gasteiger partial charge is 0.225 e. The third-order valence-electron chi connectivity index (χ3n) is 6.25. The highest BCUT2D eigenvalue weighted by Gasteiger charge is 2.40. The van der Waals surface area contributed by atoms with Crippen molar-refractivity contribution in [1.29, 1.82) is 0 Å². The highest BCUT2D eigenvalue weighted by molar-refractivity contribution is 5.84. The van der Waals surface area contributed by atoms with Crippen molar-refractivity contribution in [2.45, 2.75) is 31.7 Å². The van der Waals surface area contributed by atoms with E-state index in [9.17, 15) is 14.0 Å². The van der Waals surface area contributed by atoms with Crippen molar-refractivity contribution in [2.24, 2.45) is 11.3 Å². The van der Waals surface area contributed by atoms with Gasteiger partial charge in [-0.15, -0.1) is 0 Å². The Morgan fingerprint density at radius 3 is 2.55 bits per heavy atom. The largest absolute Gasteiger partial charge is 0.381 e. The van der Waals surface area contributed by atoms with Crippen LogP contribution in [0.1, 0.15) is 37.3 Å². The van der Waals surface area contributed by atoms with Crippen molar-refractivity contribution >= 4 is 11.8 Å². The maximum Gasteiger partial charge on any atom is 0.225 e. The number of nitrogens with one attached hydrogen (secondary N) is 1. The number of hydrogen-bond donors (Lipinski definition) is 1. The number of benzene rings is 1. The Morgan fingerprint density at radius 1 is 1.28 bits per heavy atom. The van der Waals surface area contributed by atoms with Gasteiger partial charge in [0.05, 0.1) is 12.0 Å². The molecule has 2 heterocycles. The summed E-state index contributed by atoms with van der Waals surface area (Å²) in [5.74, 6) is -0.704. The second-order valence-electron chi connectivity index (χ2n) is 8.71. The minimum atomic E-state index is -0.378. The molecule has 0 spiro atoms. The molecule has 29 heavy (non-hydrogen) atoms. The lowest BCUT2D eigenvalue weighted by Crippen LogP contribution is -2.51. The summed E-state index contributed by atoms with van der Waals surface area (Å²) < 4.78 is 18.9. The zero-order valence-electron chi connectivity index (χ0n) is 17.6. The van der Waals surface area contributed by atoms with Gasteiger partial charge in [-0.1, -0.05) is 12.1 Å². The molecule has 2 fully saturated rings. The summed E-state index contributed by atoms with van der Waals surface area (Å²) in [6, 6.07) is 5.72. The summed E-state index contributed by atoms with van der Waals surface area (Å²) in [5.41, 5.74) is 0.787. The van der Waals surface area contributed by atoms with Gasteiger partial charge in [-0.05, 0) is 51.1 Å². The molecule has 0 saturated carbocycles. The van der Waals surface area contributed by atoms with Crippen molar-refractivity contribution in [1.82, 2.24) is 15.1 Å². The van der Waals surface area contributed by atoms with E-state index in [-0.39, 0.29) is 35.0 Å². The summed E-state index contributed by atoms with van der Waals surface area (Å²) in [7, 11) is 5.82. The van der Waals surface area contributed by atoms with Crippen LogP contribution < -0.4 is 5.32 Å². The zero-order valence-corrected chi connectivity index (χ0v) is 17.6. The van der Waals surface area contributed by atoms with Crippen LogP contribution in [0.2, 0.25) is 0 Å². The molecule has 2 aliphatic heterocycles. The van der Waals surface area contributed by atoms with E-state index < -0.39 is 0 Å². The van der Waals surface area contributed by atoms with Gasteiger partial charge in [-0.2, -0.15) is 0 Å². The minimum absolute atomic E-state index is 0.000823. The molecule has 0 aliphatic carbocycles. The normalized spacial score (nSPS) is 24.6. The molecule has 1 N–H and O–H groups in total. The first-order valence-corrected chi connectivity index (χ1v) is 10.3. The van der Waals surface area contributed by atoms with E-state index in [2.05, 4.69) is 10.2 Å². The first-order valence-electron chi connectivity index (χ1n) is 10.3. The Labute approximate surface area is 172 Å². The monoisotopic (exact) mass is 405 g/mol. The van der Waals surface area contributed by atoms with E-state index in [1.165, 1.54) is 12.1 Å². The second kappa shape index (κ2) is 9.22. The molecule has 2 aliphatic rings. The highest BCUT2D eigenvalue weighted by Crippen LogP contribution is 2.36. The van der Waals surface area contributed by atoms with Crippen LogP contribution >= 0.6 is 0 Å². The number of amides is 2. The van der Waals surface area contributed by atoms with Gasteiger partial charge in [0.2, 0.25) is 11.8 Å². The van der Waals surface area contributed by atoms with Gasteiger partial charge in [0, 0.05) is 45.2 Å². The van der Waals surface area contributed by atoms with Crippen molar-refractivity contribution in [3.8, 4) is 0 Å². The van der Waals surface area contributed by atoms with Crippen molar-refractivity contribution in [2.75, 3.05) is 47.4 Å². The van der Waals surface area contributed by atoms with Crippen molar-refractivity contribution in [3.05, 3.63) is 35.6 Å². The fraction of sp³-hybridized carbons (Fsp3) is 0.636.